The van der Waals surface area contributed by atoms with Crippen LogP contribution >= 0.6 is 0 Å². The van der Waals surface area contributed by atoms with Gasteiger partial charge in [-0.25, -0.2) is 5.43 Å². The van der Waals surface area contributed by atoms with Crippen LogP contribution < -0.4 is 5.43 Å². The molecule has 0 radical (unpaired) electrons. The van der Waals surface area contributed by atoms with Crippen molar-refractivity contribution in [2.75, 3.05) is 0 Å². The van der Waals surface area contributed by atoms with Crippen LogP contribution in [-0.2, 0) is 0 Å². The fourth-order valence-electron chi connectivity index (χ4n) is 0.951. The second-order valence-corrected chi connectivity index (χ2v) is 4.75. The lowest BCUT2D eigenvalue weighted by Crippen LogP contribution is -2.19. The Hall–Kier alpha value is -1.71. The number of hydrogen-bond donors (Lipinski definition) is 1. The second kappa shape index (κ2) is 4.88. The molecule has 0 unspecified atom stereocenters. The maximum atomic E-state index is 11.6. The topological polar surface area (TPSA) is 54.4 Å². The van der Waals surface area contributed by atoms with E-state index in [-0.39, 0.29) is 11.3 Å². The predicted octanol–water partition coefficient (Wildman–Crippen LogP) is 2.15. The van der Waals surface area contributed by atoms with E-state index in [1.807, 2.05) is 27.7 Å². The lowest BCUT2D eigenvalue weighted by molar-refractivity contribution is 0.0954. The molecule has 1 heterocycles. The van der Waals surface area contributed by atoms with Crippen LogP contribution in [0, 0.1) is 12.3 Å². The highest BCUT2D eigenvalue weighted by molar-refractivity contribution is 5.94. The van der Waals surface area contributed by atoms with Crippen LogP contribution in [0.15, 0.2) is 23.4 Å². The van der Waals surface area contributed by atoms with Gasteiger partial charge in [-0.15, -0.1) is 0 Å². The molecule has 1 aromatic heterocycles. The minimum Gasteiger partial charge on any atom is -0.267 e. The molecule has 0 bridgehead atoms. The second-order valence-electron chi connectivity index (χ2n) is 4.75. The Morgan fingerprint density at radius 2 is 2.12 bits per heavy atom. The van der Waals surface area contributed by atoms with E-state index in [9.17, 15) is 4.79 Å². The van der Waals surface area contributed by atoms with Gasteiger partial charge < -0.3 is 0 Å². The van der Waals surface area contributed by atoms with Crippen molar-refractivity contribution in [3.05, 3.63) is 29.6 Å². The van der Waals surface area contributed by atoms with Crippen LogP contribution in [0.2, 0.25) is 0 Å². The zero-order chi connectivity index (χ0) is 12.2. The normalized spacial score (nSPS) is 11.8. The molecular weight excluding hydrogens is 202 g/mol. The van der Waals surface area contributed by atoms with Crippen molar-refractivity contribution >= 4 is 12.1 Å². The third kappa shape index (κ3) is 4.21. The minimum atomic E-state index is -0.243. The van der Waals surface area contributed by atoms with E-state index in [1.165, 1.54) is 6.20 Å². The molecule has 0 atom stereocenters. The van der Waals surface area contributed by atoms with E-state index in [0.717, 1.165) is 5.69 Å². The van der Waals surface area contributed by atoms with Crippen LogP contribution in [0.5, 0.6) is 0 Å². The molecule has 0 saturated heterocycles. The number of hydrogen-bond acceptors (Lipinski definition) is 3. The van der Waals surface area contributed by atoms with Gasteiger partial charge in [-0.1, -0.05) is 20.8 Å². The molecule has 0 aliphatic rings. The Balaban J connectivity index is 2.60. The Bertz CT molecular complexity index is 388. The minimum absolute atomic E-state index is 0.0429. The van der Waals surface area contributed by atoms with Crippen molar-refractivity contribution in [3.63, 3.8) is 0 Å². The van der Waals surface area contributed by atoms with Crippen LogP contribution in [0.25, 0.3) is 0 Å². The first-order valence-electron chi connectivity index (χ1n) is 5.16. The van der Waals surface area contributed by atoms with Crippen LogP contribution in [0.4, 0.5) is 0 Å². The molecule has 16 heavy (non-hydrogen) atoms. The number of amides is 1. The van der Waals surface area contributed by atoms with E-state index >= 15 is 0 Å². The van der Waals surface area contributed by atoms with E-state index in [2.05, 4.69) is 15.5 Å². The molecule has 4 heteroatoms. The third-order valence-electron chi connectivity index (χ3n) is 1.79. The SMILES string of the molecule is Cc1ccc(C(=O)NN=CC(C)(C)C)cn1. The van der Waals surface area contributed by atoms with Gasteiger partial charge in [-0.3, -0.25) is 9.78 Å². The Labute approximate surface area is 95.8 Å². The van der Waals surface area contributed by atoms with Gasteiger partial charge >= 0.3 is 0 Å². The highest BCUT2D eigenvalue weighted by Gasteiger charge is 2.07. The standard InChI is InChI=1S/C12H17N3O/c1-9-5-6-10(7-13-9)11(16)15-14-8-12(2,3)4/h5-8H,1-4H3,(H,15,16). The van der Waals surface area contributed by atoms with Gasteiger partial charge in [0.05, 0.1) is 5.56 Å². The molecule has 0 fully saturated rings. The van der Waals surface area contributed by atoms with Gasteiger partial charge in [0.2, 0.25) is 0 Å². The summed E-state index contributed by atoms with van der Waals surface area (Å²) in [4.78, 5) is 15.6. The number of aryl methyl sites for hydroxylation is 1. The molecule has 4 nitrogen and oxygen atoms in total. The Morgan fingerprint density at radius 3 is 2.62 bits per heavy atom. The summed E-state index contributed by atoms with van der Waals surface area (Å²) < 4.78 is 0. The van der Waals surface area contributed by atoms with Gasteiger partial charge in [-0.05, 0) is 24.5 Å². The first kappa shape index (κ1) is 12.4. The molecule has 86 valence electrons. The molecular formula is C12H17N3O. The van der Waals surface area contributed by atoms with E-state index in [1.54, 1.807) is 18.3 Å². The highest BCUT2D eigenvalue weighted by Crippen LogP contribution is 2.07. The highest BCUT2D eigenvalue weighted by atomic mass is 16.2. The lowest BCUT2D eigenvalue weighted by atomic mass is 9.99. The van der Waals surface area contributed by atoms with E-state index in [0.29, 0.717) is 5.56 Å². The van der Waals surface area contributed by atoms with Gasteiger partial charge in [0, 0.05) is 18.1 Å². The number of aromatic nitrogens is 1. The first-order chi connectivity index (χ1) is 7.38. The summed E-state index contributed by atoms with van der Waals surface area (Å²) in [7, 11) is 0. The van der Waals surface area contributed by atoms with Crippen molar-refractivity contribution in [1.82, 2.24) is 10.4 Å². The molecule has 1 rings (SSSR count). The average Bonchev–Trinajstić information content (AvgIpc) is 2.16. The third-order valence-corrected chi connectivity index (χ3v) is 1.79. The largest absolute Gasteiger partial charge is 0.272 e. The van der Waals surface area contributed by atoms with Crippen molar-refractivity contribution < 1.29 is 4.79 Å². The maximum Gasteiger partial charge on any atom is 0.272 e. The summed E-state index contributed by atoms with van der Waals surface area (Å²) in [6.07, 6.45) is 3.24. The molecule has 0 aliphatic heterocycles. The molecule has 0 aromatic carbocycles. The molecule has 0 saturated carbocycles. The number of nitrogens with one attached hydrogen (secondary N) is 1. The molecule has 0 spiro atoms. The van der Waals surface area contributed by atoms with Crippen LogP contribution in [0.1, 0.15) is 36.8 Å². The monoisotopic (exact) mass is 219 g/mol. The van der Waals surface area contributed by atoms with Crippen molar-refractivity contribution in [2.24, 2.45) is 10.5 Å². The number of hydrazone groups is 1. The zero-order valence-electron chi connectivity index (χ0n) is 10.1. The Kier molecular flexibility index (Phi) is 3.77. The smallest absolute Gasteiger partial charge is 0.267 e. The fourth-order valence-corrected chi connectivity index (χ4v) is 0.951. The van der Waals surface area contributed by atoms with Crippen molar-refractivity contribution in [3.8, 4) is 0 Å². The van der Waals surface area contributed by atoms with Crippen molar-refractivity contribution in [1.29, 1.82) is 0 Å². The first-order valence-corrected chi connectivity index (χ1v) is 5.16. The van der Waals surface area contributed by atoms with Crippen LogP contribution in [0.3, 0.4) is 0 Å². The summed E-state index contributed by atoms with van der Waals surface area (Å²) in [5.74, 6) is -0.243. The average molecular weight is 219 g/mol. The number of pyridine rings is 1. The Morgan fingerprint density at radius 1 is 1.44 bits per heavy atom. The summed E-state index contributed by atoms with van der Waals surface area (Å²) in [5.41, 5.74) is 3.82. The molecule has 1 amide bonds. The molecule has 1 aromatic rings. The fraction of sp³-hybridized carbons (Fsp3) is 0.417. The predicted molar refractivity (Wildman–Crippen MR) is 64.4 cm³/mol. The quantitative estimate of drug-likeness (QED) is 0.612. The maximum absolute atomic E-state index is 11.6. The van der Waals surface area contributed by atoms with E-state index in [4.69, 9.17) is 0 Å². The number of carbonyl (C=O) groups excluding carboxylic acids is 1. The molecule has 0 aliphatic carbocycles. The number of rotatable bonds is 2. The lowest BCUT2D eigenvalue weighted by Gasteiger charge is -2.09. The van der Waals surface area contributed by atoms with E-state index < -0.39 is 0 Å². The van der Waals surface area contributed by atoms with Gasteiger partial charge in [-0.2, -0.15) is 5.10 Å². The van der Waals surface area contributed by atoms with Gasteiger partial charge in [0.15, 0.2) is 0 Å². The van der Waals surface area contributed by atoms with Gasteiger partial charge in [0.25, 0.3) is 5.91 Å². The van der Waals surface area contributed by atoms with Crippen molar-refractivity contribution in [2.45, 2.75) is 27.7 Å². The zero-order valence-corrected chi connectivity index (χ0v) is 10.1. The summed E-state index contributed by atoms with van der Waals surface area (Å²) in [5, 5.41) is 3.89. The summed E-state index contributed by atoms with van der Waals surface area (Å²) in [6.45, 7) is 7.90. The number of carbonyl (C=O) groups is 1. The van der Waals surface area contributed by atoms with Crippen LogP contribution in [-0.4, -0.2) is 17.1 Å². The molecule has 1 N–H and O–H groups in total. The van der Waals surface area contributed by atoms with Gasteiger partial charge in [0.1, 0.15) is 0 Å². The summed E-state index contributed by atoms with van der Waals surface area (Å²) in [6, 6.07) is 3.52. The number of nitrogens with zero attached hydrogens (tertiary/aromatic N) is 2. The summed E-state index contributed by atoms with van der Waals surface area (Å²) >= 11 is 0.